The summed E-state index contributed by atoms with van der Waals surface area (Å²) in [5, 5.41) is 0. The van der Waals surface area contributed by atoms with Crippen LogP contribution in [0.3, 0.4) is 0 Å². The second-order valence-electron chi connectivity index (χ2n) is 10.5. The minimum Gasteiger partial charge on any atom is -0.492 e. The molecule has 4 rings (SSSR count). The van der Waals surface area contributed by atoms with Gasteiger partial charge in [-0.3, -0.25) is 14.0 Å². The summed E-state index contributed by atoms with van der Waals surface area (Å²) in [5.74, 6) is 0.539. The van der Waals surface area contributed by atoms with Crippen molar-refractivity contribution in [2.45, 2.75) is 19.5 Å². The van der Waals surface area contributed by atoms with E-state index in [0.29, 0.717) is 62.8 Å². The standard InChI is InChI=1S/C31H40N4O4S/c1-32(2)21-22-39-29-15-9-14-27(23-29)31(36)34-20-19-33(24-26-11-5-4-6-12-26)17-10-18-35(40(3,37)38)30-16-8-7-13-28(30)25-34/h4-9,11-16,23H,10,17-22,24-25H2,1-3H3. The second kappa shape index (κ2) is 13.8. The number of fused-ring (bicyclic) bond motifs is 1. The Morgan fingerprint density at radius 1 is 0.900 bits per heavy atom. The largest absolute Gasteiger partial charge is 0.492 e. The molecule has 1 amide bonds. The number of anilines is 1. The molecule has 1 heterocycles. The SMILES string of the molecule is CN(C)CCOc1cccc(C(=O)N2CCN(Cc3ccccc3)CCCN(S(C)(=O)=O)c3ccccc3C2)c1. The highest BCUT2D eigenvalue weighted by Crippen LogP contribution is 2.26. The van der Waals surface area contributed by atoms with Gasteiger partial charge in [0, 0.05) is 51.4 Å². The lowest BCUT2D eigenvalue weighted by Crippen LogP contribution is -2.38. The molecular formula is C31H40N4O4S. The number of benzene rings is 3. The van der Waals surface area contributed by atoms with Crippen LogP contribution in [-0.2, 0) is 23.1 Å². The lowest BCUT2D eigenvalue weighted by atomic mass is 10.1. The van der Waals surface area contributed by atoms with E-state index < -0.39 is 10.0 Å². The third-order valence-corrected chi connectivity index (χ3v) is 8.15. The van der Waals surface area contributed by atoms with Crippen molar-refractivity contribution in [1.29, 1.82) is 0 Å². The van der Waals surface area contributed by atoms with Crippen molar-refractivity contribution in [2.24, 2.45) is 0 Å². The van der Waals surface area contributed by atoms with Crippen LogP contribution in [0.2, 0.25) is 0 Å². The quantitative estimate of drug-likeness (QED) is 0.413. The van der Waals surface area contributed by atoms with E-state index in [0.717, 1.165) is 18.7 Å². The van der Waals surface area contributed by atoms with Crippen molar-refractivity contribution >= 4 is 21.6 Å². The predicted octanol–water partition coefficient (Wildman–Crippen LogP) is 3.94. The maximum Gasteiger partial charge on any atom is 0.254 e. The minimum absolute atomic E-state index is 0.113. The molecule has 0 spiro atoms. The van der Waals surface area contributed by atoms with Gasteiger partial charge in [-0.1, -0.05) is 54.6 Å². The lowest BCUT2D eigenvalue weighted by molar-refractivity contribution is 0.0719. The van der Waals surface area contributed by atoms with Crippen molar-refractivity contribution in [1.82, 2.24) is 14.7 Å². The first-order chi connectivity index (χ1) is 19.2. The molecule has 3 aromatic carbocycles. The van der Waals surface area contributed by atoms with E-state index >= 15 is 0 Å². The molecule has 0 aromatic heterocycles. The van der Waals surface area contributed by atoms with E-state index in [-0.39, 0.29) is 5.91 Å². The Kier molecular flexibility index (Phi) is 10.2. The Morgan fingerprint density at radius 2 is 1.65 bits per heavy atom. The van der Waals surface area contributed by atoms with Gasteiger partial charge in [0.2, 0.25) is 10.0 Å². The molecule has 8 nitrogen and oxygen atoms in total. The molecule has 0 fully saturated rings. The number of hydrogen-bond acceptors (Lipinski definition) is 6. The smallest absolute Gasteiger partial charge is 0.254 e. The van der Waals surface area contributed by atoms with Gasteiger partial charge in [0.15, 0.2) is 0 Å². The fraction of sp³-hybridized carbons (Fsp3) is 0.387. The van der Waals surface area contributed by atoms with E-state index in [4.69, 9.17) is 4.74 Å². The summed E-state index contributed by atoms with van der Waals surface area (Å²) in [5.41, 5.74) is 3.15. The molecule has 0 atom stereocenters. The summed E-state index contributed by atoms with van der Waals surface area (Å²) in [7, 11) is 0.462. The summed E-state index contributed by atoms with van der Waals surface area (Å²) in [6, 6.07) is 25.0. The van der Waals surface area contributed by atoms with Crippen LogP contribution < -0.4 is 9.04 Å². The van der Waals surface area contributed by atoms with Crippen molar-refractivity contribution in [3.63, 3.8) is 0 Å². The van der Waals surface area contributed by atoms with Gasteiger partial charge < -0.3 is 14.5 Å². The molecule has 0 bridgehead atoms. The van der Waals surface area contributed by atoms with Gasteiger partial charge in [-0.05, 0) is 55.9 Å². The van der Waals surface area contributed by atoms with Crippen LogP contribution in [0.1, 0.15) is 27.9 Å². The Balaban J connectivity index is 1.64. The number of carbonyl (C=O) groups excluding carboxylic acids is 1. The molecule has 1 aliphatic heterocycles. The molecule has 0 saturated carbocycles. The van der Waals surface area contributed by atoms with Crippen molar-refractivity contribution in [3.05, 3.63) is 95.6 Å². The van der Waals surface area contributed by atoms with E-state index in [9.17, 15) is 13.2 Å². The van der Waals surface area contributed by atoms with Gasteiger partial charge in [-0.25, -0.2) is 8.42 Å². The number of likely N-dealkylation sites (N-methyl/N-ethyl adjacent to an activating group) is 1. The number of carbonyl (C=O) groups is 1. The highest BCUT2D eigenvalue weighted by molar-refractivity contribution is 7.92. The number of sulfonamides is 1. The van der Waals surface area contributed by atoms with E-state index in [1.807, 2.05) is 84.6 Å². The molecule has 0 unspecified atom stereocenters. The Labute approximate surface area is 238 Å². The molecule has 9 heteroatoms. The van der Waals surface area contributed by atoms with Crippen LogP contribution in [0.25, 0.3) is 0 Å². The molecule has 3 aromatic rings. The third-order valence-electron chi connectivity index (χ3n) is 6.97. The van der Waals surface area contributed by atoms with Crippen molar-refractivity contribution < 1.29 is 17.9 Å². The van der Waals surface area contributed by atoms with Crippen LogP contribution in [0.4, 0.5) is 5.69 Å². The summed E-state index contributed by atoms with van der Waals surface area (Å²) in [6.07, 6.45) is 1.92. The molecule has 1 aliphatic rings. The van der Waals surface area contributed by atoms with Crippen LogP contribution in [0.5, 0.6) is 5.75 Å². The zero-order valence-electron chi connectivity index (χ0n) is 23.7. The Bertz CT molecular complexity index is 1360. The number of para-hydroxylation sites is 1. The van der Waals surface area contributed by atoms with E-state index in [1.165, 1.54) is 16.1 Å². The van der Waals surface area contributed by atoms with Gasteiger partial charge in [0.25, 0.3) is 5.91 Å². The van der Waals surface area contributed by atoms with Gasteiger partial charge in [-0.2, -0.15) is 0 Å². The van der Waals surface area contributed by atoms with Gasteiger partial charge in [0.1, 0.15) is 12.4 Å². The van der Waals surface area contributed by atoms with Crippen molar-refractivity contribution in [2.75, 3.05) is 64.0 Å². The molecule has 0 aliphatic carbocycles. The number of amides is 1. The average Bonchev–Trinajstić information content (AvgIpc) is 2.96. The first-order valence-corrected chi connectivity index (χ1v) is 15.5. The van der Waals surface area contributed by atoms with E-state index in [1.54, 1.807) is 6.07 Å². The summed E-state index contributed by atoms with van der Waals surface area (Å²) in [4.78, 5) is 20.1. The number of rotatable bonds is 8. The lowest BCUT2D eigenvalue weighted by Gasteiger charge is -2.28. The van der Waals surface area contributed by atoms with Gasteiger partial charge in [0.05, 0.1) is 11.9 Å². The topological polar surface area (TPSA) is 73.4 Å². The third kappa shape index (κ3) is 8.30. The van der Waals surface area contributed by atoms with Crippen LogP contribution in [0.15, 0.2) is 78.9 Å². The number of hydrogen-bond donors (Lipinski definition) is 0. The fourth-order valence-corrected chi connectivity index (χ4v) is 5.87. The maximum atomic E-state index is 13.9. The second-order valence-corrected chi connectivity index (χ2v) is 12.4. The maximum absolute atomic E-state index is 13.9. The molecule has 0 radical (unpaired) electrons. The number of nitrogens with zero attached hydrogens (tertiary/aromatic N) is 4. The highest BCUT2D eigenvalue weighted by atomic mass is 32.2. The van der Waals surface area contributed by atoms with Gasteiger partial charge >= 0.3 is 0 Å². The first-order valence-electron chi connectivity index (χ1n) is 13.7. The Morgan fingerprint density at radius 3 is 2.40 bits per heavy atom. The Hall–Kier alpha value is -3.40. The fourth-order valence-electron chi connectivity index (χ4n) is 4.87. The van der Waals surface area contributed by atoms with Gasteiger partial charge in [-0.15, -0.1) is 0 Å². The summed E-state index contributed by atoms with van der Waals surface area (Å²) >= 11 is 0. The average molecular weight is 565 g/mol. The first kappa shape index (κ1) is 29.6. The van der Waals surface area contributed by atoms with Crippen LogP contribution >= 0.6 is 0 Å². The minimum atomic E-state index is -3.51. The normalized spacial score (nSPS) is 15.4. The van der Waals surface area contributed by atoms with Crippen molar-refractivity contribution in [3.8, 4) is 5.75 Å². The monoisotopic (exact) mass is 564 g/mol. The zero-order chi connectivity index (χ0) is 28.5. The van der Waals surface area contributed by atoms with Crippen LogP contribution in [0, 0.1) is 0 Å². The summed E-state index contributed by atoms with van der Waals surface area (Å²) < 4.78 is 33.1. The van der Waals surface area contributed by atoms with Crippen LogP contribution in [-0.4, -0.2) is 88.7 Å². The molecular weight excluding hydrogens is 524 g/mol. The molecule has 40 heavy (non-hydrogen) atoms. The predicted molar refractivity (Wildman–Crippen MR) is 160 cm³/mol. The highest BCUT2D eigenvalue weighted by Gasteiger charge is 2.25. The molecule has 0 N–H and O–H groups in total. The summed E-state index contributed by atoms with van der Waals surface area (Å²) in [6.45, 7) is 4.58. The molecule has 214 valence electrons. The molecule has 0 saturated heterocycles. The van der Waals surface area contributed by atoms with E-state index in [2.05, 4.69) is 17.0 Å². The number of ether oxygens (including phenoxy) is 1. The zero-order valence-corrected chi connectivity index (χ0v) is 24.5.